The van der Waals surface area contributed by atoms with Gasteiger partial charge in [0.15, 0.2) is 21.0 Å². The second-order valence-electron chi connectivity index (χ2n) is 7.98. The highest BCUT2D eigenvalue weighted by molar-refractivity contribution is 7.91. The Balaban J connectivity index is 1.77. The summed E-state index contributed by atoms with van der Waals surface area (Å²) in [5, 5.41) is 0.383. The van der Waals surface area contributed by atoms with Gasteiger partial charge in [-0.1, -0.05) is 18.2 Å². The average Bonchev–Trinajstić information content (AvgIpc) is 3.09. The lowest BCUT2D eigenvalue weighted by atomic mass is 10.1. The van der Waals surface area contributed by atoms with Crippen molar-refractivity contribution >= 4 is 26.7 Å². The Kier molecular flexibility index (Phi) is 5.43. The van der Waals surface area contributed by atoms with Crippen molar-refractivity contribution in [3.05, 3.63) is 81.0 Å². The van der Waals surface area contributed by atoms with E-state index in [1.807, 2.05) is 19.9 Å². The standard InChI is InChI=1S/C23H22FNO5S/c1-14-3-8-19-20(26)11-21(30-22(19)15(14)2)23(27)25(18-9-10-31(28,29)13-18)12-16-4-6-17(24)7-5-16/h3-8,11,18H,9-10,12-13H2,1-2H3/t18-/m0/s1. The summed E-state index contributed by atoms with van der Waals surface area (Å²) in [4.78, 5) is 27.5. The molecule has 0 aliphatic carbocycles. The van der Waals surface area contributed by atoms with Crippen LogP contribution in [0.5, 0.6) is 0 Å². The average molecular weight is 443 g/mol. The summed E-state index contributed by atoms with van der Waals surface area (Å²) in [5.74, 6) is -1.28. The predicted octanol–water partition coefficient (Wildman–Crippen LogP) is 3.38. The van der Waals surface area contributed by atoms with E-state index in [4.69, 9.17) is 4.42 Å². The van der Waals surface area contributed by atoms with Crippen molar-refractivity contribution < 1.29 is 22.0 Å². The third-order valence-electron chi connectivity index (χ3n) is 5.80. The molecule has 3 aromatic rings. The summed E-state index contributed by atoms with van der Waals surface area (Å²) in [7, 11) is -3.26. The normalized spacial score (nSPS) is 17.7. The van der Waals surface area contributed by atoms with Crippen molar-refractivity contribution in [3.8, 4) is 0 Å². The molecule has 2 heterocycles. The van der Waals surface area contributed by atoms with Crippen LogP contribution in [0.4, 0.5) is 4.39 Å². The fourth-order valence-corrected chi connectivity index (χ4v) is 5.60. The lowest BCUT2D eigenvalue weighted by Crippen LogP contribution is -2.41. The highest BCUT2D eigenvalue weighted by Gasteiger charge is 2.36. The second kappa shape index (κ2) is 7.92. The maximum absolute atomic E-state index is 13.4. The van der Waals surface area contributed by atoms with Gasteiger partial charge in [-0.2, -0.15) is 0 Å². The Labute approximate surface area is 179 Å². The first-order valence-electron chi connectivity index (χ1n) is 9.94. The molecular weight excluding hydrogens is 421 g/mol. The summed E-state index contributed by atoms with van der Waals surface area (Å²) in [6.45, 7) is 3.77. The molecule has 0 unspecified atom stereocenters. The molecular formula is C23H22FNO5S. The van der Waals surface area contributed by atoms with Crippen LogP contribution < -0.4 is 5.43 Å². The molecule has 0 spiro atoms. The summed E-state index contributed by atoms with van der Waals surface area (Å²) in [6, 6.07) is 9.74. The van der Waals surface area contributed by atoms with Crippen LogP contribution in [-0.2, 0) is 16.4 Å². The predicted molar refractivity (Wildman–Crippen MR) is 115 cm³/mol. The smallest absolute Gasteiger partial charge is 0.290 e. The number of hydrogen-bond acceptors (Lipinski definition) is 5. The minimum absolute atomic E-state index is 0.00909. The molecule has 1 aliphatic rings. The van der Waals surface area contributed by atoms with Gasteiger partial charge in [-0.3, -0.25) is 9.59 Å². The van der Waals surface area contributed by atoms with Crippen LogP contribution in [0.2, 0.25) is 0 Å². The van der Waals surface area contributed by atoms with E-state index >= 15 is 0 Å². The second-order valence-corrected chi connectivity index (χ2v) is 10.2. The first kappa shape index (κ1) is 21.2. The Hall–Kier alpha value is -3.00. The third-order valence-corrected chi connectivity index (χ3v) is 7.55. The molecule has 2 aromatic carbocycles. The van der Waals surface area contributed by atoms with Crippen LogP contribution in [0.15, 0.2) is 51.7 Å². The zero-order valence-corrected chi connectivity index (χ0v) is 18.0. The van der Waals surface area contributed by atoms with Crippen molar-refractivity contribution in [2.45, 2.75) is 32.9 Å². The van der Waals surface area contributed by atoms with Crippen molar-refractivity contribution in [3.63, 3.8) is 0 Å². The molecule has 0 radical (unpaired) electrons. The van der Waals surface area contributed by atoms with Gasteiger partial charge in [0.05, 0.1) is 16.9 Å². The number of fused-ring (bicyclic) bond motifs is 1. The molecule has 1 aromatic heterocycles. The van der Waals surface area contributed by atoms with E-state index in [0.717, 1.165) is 17.2 Å². The number of benzene rings is 2. The molecule has 0 saturated carbocycles. The molecule has 1 amide bonds. The zero-order valence-electron chi connectivity index (χ0n) is 17.2. The number of carbonyl (C=O) groups is 1. The van der Waals surface area contributed by atoms with Crippen molar-refractivity contribution in [2.75, 3.05) is 11.5 Å². The van der Waals surface area contributed by atoms with Crippen molar-refractivity contribution in [1.82, 2.24) is 4.90 Å². The maximum Gasteiger partial charge on any atom is 0.290 e. The Morgan fingerprint density at radius 1 is 1.16 bits per heavy atom. The molecule has 1 fully saturated rings. The van der Waals surface area contributed by atoms with Crippen molar-refractivity contribution in [2.24, 2.45) is 0 Å². The molecule has 1 saturated heterocycles. The molecule has 0 bridgehead atoms. The van der Waals surface area contributed by atoms with E-state index in [1.54, 1.807) is 18.2 Å². The summed E-state index contributed by atoms with van der Waals surface area (Å²) < 4.78 is 43.3. The lowest BCUT2D eigenvalue weighted by molar-refractivity contribution is 0.0648. The number of halogens is 1. The van der Waals surface area contributed by atoms with Gasteiger partial charge in [-0.15, -0.1) is 0 Å². The minimum Gasteiger partial charge on any atom is -0.450 e. The third kappa shape index (κ3) is 4.25. The molecule has 8 heteroatoms. The van der Waals surface area contributed by atoms with Gasteiger partial charge in [-0.05, 0) is 55.2 Å². The van der Waals surface area contributed by atoms with Gasteiger partial charge in [0, 0.05) is 18.7 Å². The van der Waals surface area contributed by atoms with Crippen LogP contribution in [0.1, 0.15) is 33.7 Å². The largest absolute Gasteiger partial charge is 0.450 e. The Morgan fingerprint density at radius 3 is 2.52 bits per heavy atom. The van der Waals surface area contributed by atoms with Gasteiger partial charge >= 0.3 is 0 Å². The first-order chi connectivity index (χ1) is 14.6. The van der Waals surface area contributed by atoms with Gasteiger partial charge in [0.25, 0.3) is 5.91 Å². The number of amides is 1. The number of hydrogen-bond donors (Lipinski definition) is 0. The van der Waals surface area contributed by atoms with Crippen LogP contribution in [0.3, 0.4) is 0 Å². The summed E-state index contributed by atoms with van der Waals surface area (Å²) in [6.07, 6.45) is 0.297. The number of carbonyl (C=O) groups excluding carboxylic acids is 1. The fourth-order valence-electron chi connectivity index (χ4n) is 3.87. The van der Waals surface area contributed by atoms with Gasteiger partial charge in [0.2, 0.25) is 0 Å². The van der Waals surface area contributed by atoms with Crippen molar-refractivity contribution in [1.29, 1.82) is 0 Å². The fraction of sp³-hybridized carbons (Fsp3) is 0.304. The molecule has 1 atom stereocenters. The number of nitrogens with zero attached hydrogens (tertiary/aromatic N) is 1. The molecule has 0 N–H and O–H groups in total. The van der Waals surface area contributed by atoms with E-state index in [2.05, 4.69) is 0 Å². The highest BCUT2D eigenvalue weighted by Crippen LogP contribution is 2.25. The number of sulfone groups is 1. The molecule has 162 valence electrons. The number of rotatable bonds is 4. The topological polar surface area (TPSA) is 84.7 Å². The molecule has 1 aliphatic heterocycles. The van der Waals surface area contributed by atoms with Crippen LogP contribution >= 0.6 is 0 Å². The zero-order chi connectivity index (χ0) is 22.3. The Morgan fingerprint density at radius 2 is 1.87 bits per heavy atom. The van der Waals surface area contributed by atoms with E-state index in [0.29, 0.717) is 23.0 Å². The molecule has 6 nitrogen and oxygen atoms in total. The minimum atomic E-state index is -3.26. The van der Waals surface area contributed by atoms with E-state index in [9.17, 15) is 22.4 Å². The van der Waals surface area contributed by atoms with Gasteiger partial charge in [0.1, 0.15) is 11.4 Å². The van der Waals surface area contributed by atoms with Crippen LogP contribution in [-0.4, -0.2) is 36.8 Å². The molecule has 4 rings (SSSR count). The summed E-state index contributed by atoms with van der Waals surface area (Å²) >= 11 is 0. The van der Waals surface area contributed by atoms with Gasteiger partial charge in [-0.25, -0.2) is 12.8 Å². The SMILES string of the molecule is Cc1ccc2c(=O)cc(C(=O)N(Cc3ccc(F)cc3)[C@H]3CCS(=O)(=O)C3)oc2c1C. The van der Waals surface area contributed by atoms with Crippen LogP contribution in [0, 0.1) is 19.7 Å². The maximum atomic E-state index is 13.4. The van der Waals surface area contributed by atoms with E-state index in [-0.39, 0.29) is 29.2 Å². The van der Waals surface area contributed by atoms with Crippen LogP contribution in [0.25, 0.3) is 11.0 Å². The summed E-state index contributed by atoms with van der Waals surface area (Å²) in [5.41, 5.74) is 2.34. The van der Waals surface area contributed by atoms with Gasteiger partial charge < -0.3 is 9.32 Å². The quantitative estimate of drug-likeness (QED) is 0.617. The van der Waals surface area contributed by atoms with E-state index < -0.39 is 27.6 Å². The first-order valence-corrected chi connectivity index (χ1v) is 11.8. The monoisotopic (exact) mass is 443 g/mol. The van der Waals surface area contributed by atoms with E-state index in [1.165, 1.54) is 17.0 Å². The molecule has 31 heavy (non-hydrogen) atoms. The lowest BCUT2D eigenvalue weighted by Gasteiger charge is -2.28. The number of aryl methyl sites for hydroxylation is 2. The Bertz CT molecular complexity index is 1330. The highest BCUT2D eigenvalue weighted by atomic mass is 32.2.